The number of aliphatic hydroxyl groups excluding tert-OH is 1. The number of carbonyl (C=O) groups is 1. The van der Waals surface area contributed by atoms with Gasteiger partial charge in [-0.25, -0.2) is 0 Å². The topological polar surface area (TPSA) is 59.0 Å². The number of carbonyl (C=O) groups excluding carboxylic acids is 1. The van der Waals surface area contributed by atoms with Gasteiger partial charge in [-0.05, 0) is 49.2 Å². The number of aliphatic hydroxyl groups is 1. The number of ketones is 1. The number of rotatable bonds is 8. The van der Waals surface area contributed by atoms with E-state index < -0.39 is 0 Å². The fourth-order valence-corrected chi connectivity index (χ4v) is 3.64. The third-order valence-corrected chi connectivity index (χ3v) is 4.91. The Labute approximate surface area is 160 Å². The number of hydrogen-bond acceptors (Lipinski definition) is 5. The average Bonchev–Trinajstić information content (AvgIpc) is 2.72. The van der Waals surface area contributed by atoms with Crippen LogP contribution in [0.5, 0.6) is 11.5 Å². The van der Waals surface area contributed by atoms with Gasteiger partial charge >= 0.3 is 0 Å². The van der Waals surface area contributed by atoms with Gasteiger partial charge in [-0.2, -0.15) is 0 Å². The summed E-state index contributed by atoms with van der Waals surface area (Å²) in [4.78, 5) is 15.3. The fourth-order valence-electron chi connectivity index (χ4n) is 3.64. The van der Waals surface area contributed by atoms with E-state index in [1.807, 2.05) is 42.5 Å². The Morgan fingerprint density at radius 2 is 2.07 bits per heavy atom. The summed E-state index contributed by atoms with van der Waals surface area (Å²) in [6.45, 7) is 2.81. The van der Waals surface area contributed by atoms with Crippen LogP contribution in [0.1, 0.15) is 28.8 Å². The van der Waals surface area contributed by atoms with Crippen molar-refractivity contribution in [3.8, 4) is 11.5 Å². The molecule has 1 saturated heterocycles. The van der Waals surface area contributed by atoms with Gasteiger partial charge in [0.25, 0.3) is 0 Å². The van der Waals surface area contributed by atoms with E-state index in [2.05, 4.69) is 11.0 Å². The van der Waals surface area contributed by atoms with Gasteiger partial charge in [-0.15, -0.1) is 0 Å². The minimum Gasteiger partial charge on any atom is -0.496 e. The summed E-state index contributed by atoms with van der Waals surface area (Å²) in [6.07, 6.45) is 1.92. The van der Waals surface area contributed by atoms with Crippen molar-refractivity contribution in [1.29, 1.82) is 0 Å². The zero-order chi connectivity index (χ0) is 19.1. The summed E-state index contributed by atoms with van der Waals surface area (Å²) in [6, 6.07) is 15.4. The van der Waals surface area contributed by atoms with Crippen LogP contribution in [0.15, 0.2) is 48.5 Å². The Morgan fingerprint density at radius 1 is 1.22 bits per heavy atom. The summed E-state index contributed by atoms with van der Waals surface area (Å²) < 4.78 is 10.9. The van der Waals surface area contributed by atoms with E-state index in [1.54, 1.807) is 7.11 Å². The summed E-state index contributed by atoms with van der Waals surface area (Å²) in [5.74, 6) is 1.56. The molecule has 0 saturated carbocycles. The summed E-state index contributed by atoms with van der Waals surface area (Å²) in [7, 11) is 1.60. The minimum absolute atomic E-state index is 0.00307. The molecule has 5 nitrogen and oxygen atoms in total. The van der Waals surface area contributed by atoms with Crippen molar-refractivity contribution in [3.05, 3.63) is 59.7 Å². The first kappa shape index (κ1) is 19.4. The molecule has 27 heavy (non-hydrogen) atoms. The molecule has 1 N–H and O–H groups in total. The highest BCUT2D eigenvalue weighted by atomic mass is 16.5. The molecule has 2 aromatic carbocycles. The first-order chi connectivity index (χ1) is 13.2. The zero-order valence-electron chi connectivity index (χ0n) is 15.8. The molecule has 1 atom stereocenters. The van der Waals surface area contributed by atoms with E-state index >= 15 is 0 Å². The Morgan fingerprint density at radius 3 is 2.89 bits per heavy atom. The molecule has 2 aromatic rings. The molecule has 3 rings (SSSR count). The highest BCUT2D eigenvalue weighted by molar-refractivity contribution is 6.00. The van der Waals surface area contributed by atoms with Gasteiger partial charge in [0.1, 0.15) is 18.1 Å². The predicted molar refractivity (Wildman–Crippen MR) is 104 cm³/mol. The van der Waals surface area contributed by atoms with Crippen molar-refractivity contribution in [3.63, 3.8) is 0 Å². The van der Waals surface area contributed by atoms with Gasteiger partial charge in [-0.3, -0.25) is 9.69 Å². The Balaban J connectivity index is 1.65. The number of hydrogen-bond donors (Lipinski definition) is 1. The van der Waals surface area contributed by atoms with Gasteiger partial charge in [0.05, 0.1) is 19.3 Å². The first-order valence-corrected chi connectivity index (χ1v) is 9.43. The molecule has 1 fully saturated rings. The first-order valence-electron chi connectivity index (χ1n) is 9.43. The van der Waals surface area contributed by atoms with Gasteiger partial charge in [0.15, 0.2) is 5.78 Å². The van der Waals surface area contributed by atoms with E-state index in [0.717, 1.165) is 43.8 Å². The molecule has 144 valence electrons. The Bertz CT molecular complexity index is 761. The van der Waals surface area contributed by atoms with Crippen LogP contribution >= 0.6 is 0 Å². The van der Waals surface area contributed by atoms with Crippen molar-refractivity contribution < 1.29 is 19.4 Å². The molecule has 0 aliphatic carbocycles. The molecule has 1 aliphatic rings. The standard InChI is InChI=1S/C22H27NO4/c1-26-21-10-3-2-9-20(21)22(25)18-7-5-11-23(16-18)15-17-6-4-8-19(14-17)27-13-12-24/h2-4,6,8-10,14,18,24H,5,7,11-13,15-16H2,1H3/t18-/m1/s1. The predicted octanol–water partition coefficient (Wildman–Crippen LogP) is 3.16. The third-order valence-electron chi connectivity index (χ3n) is 4.91. The van der Waals surface area contributed by atoms with Crippen molar-refractivity contribution in [2.75, 3.05) is 33.4 Å². The molecule has 0 aromatic heterocycles. The summed E-state index contributed by atoms with van der Waals surface area (Å²) in [5.41, 5.74) is 1.82. The van der Waals surface area contributed by atoms with Gasteiger partial charge in [0.2, 0.25) is 0 Å². The second-order valence-electron chi connectivity index (χ2n) is 6.86. The van der Waals surface area contributed by atoms with Crippen LogP contribution in [-0.2, 0) is 6.54 Å². The lowest BCUT2D eigenvalue weighted by Crippen LogP contribution is -2.38. The lowest BCUT2D eigenvalue weighted by Gasteiger charge is -2.32. The van der Waals surface area contributed by atoms with Gasteiger partial charge in [-0.1, -0.05) is 24.3 Å². The second kappa shape index (κ2) is 9.53. The zero-order valence-corrected chi connectivity index (χ0v) is 15.8. The smallest absolute Gasteiger partial charge is 0.170 e. The lowest BCUT2D eigenvalue weighted by atomic mass is 9.89. The normalized spacial score (nSPS) is 17.5. The van der Waals surface area contributed by atoms with Crippen molar-refractivity contribution in [1.82, 2.24) is 4.90 Å². The summed E-state index contributed by atoms with van der Waals surface area (Å²) in [5, 5.41) is 8.90. The van der Waals surface area contributed by atoms with Crippen molar-refractivity contribution in [2.24, 2.45) is 5.92 Å². The highest BCUT2D eigenvalue weighted by Crippen LogP contribution is 2.27. The van der Waals surface area contributed by atoms with Crippen LogP contribution in [0, 0.1) is 5.92 Å². The molecule has 1 heterocycles. The molecule has 0 spiro atoms. The van der Waals surface area contributed by atoms with Gasteiger partial charge < -0.3 is 14.6 Å². The largest absolute Gasteiger partial charge is 0.496 e. The third kappa shape index (κ3) is 5.08. The number of para-hydroxylation sites is 1. The number of benzene rings is 2. The van der Waals surface area contributed by atoms with Crippen LogP contribution in [-0.4, -0.2) is 49.2 Å². The number of nitrogens with zero attached hydrogens (tertiary/aromatic N) is 1. The van der Waals surface area contributed by atoms with E-state index in [4.69, 9.17) is 14.6 Å². The maximum Gasteiger partial charge on any atom is 0.170 e. The van der Waals surface area contributed by atoms with Crippen LogP contribution in [0.25, 0.3) is 0 Å². The fraction of sp³-hybridized carbons (Fsp3) is 0.409. The molecular weight excluding hydrogens is 342 g/mol. The number of likely N-dealkylation sites (tertiary alicyclic amines) is 1. The number of ether oxygens (including phenoxy) is 2. The highest BCUT2D eigenvalue weighted by Gasteiger charge is 2.28. The molecule has 5 heteroatoms. The molecule has 1 aliphatic heterocycles. The van der Waals surface area contributed by atoms with Crippen molar-refractivity contribution in [2.45, 2.75) is 19.4 Å². The second-order valence-corrected chi connectivity index (χ2v) is 6.86. The molecule has 0 amide bonds. The maximum absolute atomic E-state index is 13.0. The summed E-state index contributed by atoms with van der Waals surface area (Å²) >= 11 is 0. The molecular formula is C22H27NO4. The number of Topliss-reactive ketones (excluding diaryl/α,β-unsaturated/α-hetero) is 1. The van der Waals surface area contributed by atoms with Crippen molar-refractivity contribution >= 4 is 5.78 Å². The lowest BCUT2D eigenvalue weighted by molar-refractivity contribution is 0.0808. The van der Waals surface area contributed by atoms with Crippen LogP contribution in [0.4, 0.5) is 0 Å². The van der Waals surface area contributed by atoms with Crippen LogP contribution < -0.4 is 9.47 Å². The monoisotopic (exact) mass is 369 g/mol. The molecule has 0 radical (unpaired) electrons. The molecule has 0 bridgehead atoms. The Kier molecular flexibility index (Phi) is 6.85. The SMILES string of the molecule is COc1ccccc1C(=O)[C@@H]1CCCN(Cc2cccc(OCCO)c2)C1. The Hall–Kier alpha value is -2.37. The number of piperidine rings is 1. The van der Waals surface area contributed by atoms with Crippen LogP contribution in [0.3, 0.4) is 0 Å². The van der Waals surface area contributed by atoms with Crippen LogP contribution in [0.2, 0.25) is 0 Å². The molecule has 0 unspecified atom stereocenters. The average molecular weight is 369 g/mol. The van der Waals surface area contributed by atoms with E-state index in [0.29, 0.717) is 17.9 Å². The maximum atomic E-state index is 13.0. The number of methoxy groups -OCH3 is 1. The quantitative estimate of drug-likeness (QED) is 0.725. The van der Waals surface area contributed by atoms with E-state index in [1.165, 1.54) is 0 Å². The van der Waals surface area contributed by atoms with Gasteiger partial charge in [0, 0.05) is 19.0 Å². The minimum atomic E-state index is -0.0103. The van der Waals surface area contributed by atoms with E-state index in [9.17, 15) is 4.79 Å². The van der Waals surface area contributed by atoms with E-state index in [-0.39, 0.29) is 18.3 Å².